The third kappa shape index (κ3) is 2.91. The number of hydrogen-bond acceptors (Lipinski definition) is 4. The van der Waals surface area contributed by atoms with Crippen LogP contribution in [0, 0.1) is 0 Å². The number of anilines is 1. The van der Waals surface area contributed by atoms with Gasteiger partial charge in [0.1, 0.15) is 0 Å². The smallest absolute Gasteiger partial charge is 0.304 e. The van der Waals surface area contributed by atoms with Gasteiger partial charge in [0.05, 0.1) is 12.8 Å². The van der Waals surface area contributed by atoms with Gasteiger partial charge in [-0.25, -0.2) is 0 Å². The zero-order chi connectivity index (χ0) is 14.0. The first-order valence-corrected chi connectivity index (χ1v) is 6.11. The molecule has 102 valence electrons. The van der Waals surface area contributed by atoms with Gasteiger partial charge in [0.15, 0.2) is 0 Å². The Morgan fingerprint density at radius 1 is 1.47 bits per heavy atom. The molecule has 1 aromatic rings. The van der Waals surface area contributed by atoms with Gasteiger partial charge in [-0.2, -0.15) is 0 Å². The number of carboxylic acid groups (broad SMARTS) is 1. The van der Waals surface area contributed by atoms with Gasteiger partial charge >= 0.3 is 5.97 Å². The Morgan fingerprint density at radius 3 is 2.84 bits per heavy atom. The second-order valence-corrected chi connectivity index (χ2v) is 4.71. The number of fused-ring (bicyclic) bond motifs is 1. The Bertz CT molecular complexity index is 516. The first-order valence-electron chi connectivity index (χ1n) is 6.11. The number of carbonyl (C=O) groups is 2. The SMILES string of the molecule is NCc1ccc2c(c1)CC(=O)N2CC(N)CC(=O)O. The predicted octanol–water partition coefficient (Wildman–Crippen LogP) is -0.164. The zero-order valence-electron chi connectivity index (χ0n) is 10.5. The Labute approximate surface area is 111 Å². The van der Waals surface area contributed by atoms with Crippen LogP contribution in [0.2, 0.25) is 0 Å². The van der Waals surface area contributed by atoms with Crippen LogP contribution < -0.4 is 16.4 Å². The van der Waals surface area contributed by atoms with Crippen LogP contribution in [-0.4, -0.2) is 29.6 Å². The molecular formula is C13H17N3O3. The number of hydrogen-bond donors (Lipinski definition) is 3. The Kier molecular flexibility index (Phi) is 3.82. The lowest BCUT2D eigenvalue weighted by atomic mass is 10.1. The fourth-order valence-electron chi connectivity index (χ4n) is 2.29. The highest BCUT2D eigenvalue weighted by Crippen LogP contribution is 2.29. The van der Waals surface area contributed by atoms with Crippen LogP contribution in [0.25, 0.3) is 0 Å². The second kappa shape index (κ2) is 5.38. The standard InChI is InChI=1S/C13H17N3O3/c14-6-8-1-2-11-9(3-8)4-12(17)16(11)7-10(15)5-13(18)19/h1-3,10H,4-7,14-15H2,(H,18,19). The number of rotatable bonds is 5. The average molecular weight is 263 g/mol. The van der Waals surface area contributed by atoms with E-state index >= 15 is 0 Å². The molecule has 19 heavy (non-hydrogen) atoms. The summed E-state index contributed by atoms with van der Waals surface area (Å²) in [6, 6.07) is 5.06. The lowest BCUT2D eigenvalue weighted by molar-refractivity contribution is -0.137. The zero-order valence-corrected chi connectivity index (χ0v) is 10.5. The van der Waals surface area contributed by atoms with Crippen molar-refractivity contribution in [3.05, 3.63) is 29.3 Å². The molecule has 1 unspecified atom stereocenters. The number of amides is 1. The minimum atomic E-state index is -0.960. The monoisotopic (exact) mass is 263 g/mol. The van der Waals surface area contributed by atoms with Gasteiger partial charge in [0.2, 0.25) is 5.91 Å². The van der Waals surface area contributed by atoms with Crippen molar-refractivity contribution in [3.8, 4) is 0 Å². The van der Waals surface area contributed by atoms with E-state index in [1.54, 1.807) is 4.90 Å². The van der Waals surface area contributed by atoms with Crippen LogP contribution in [0.4, 0.5) is 5.69 Å². The van der Waals surface area contributed by atoms with Crippen LogP contribution in [-0.2, 0) is 22.6 Å². The molecule has 2 rings (SSSR count). The van der Waals surface area contributed by atoms with Gasteiger partial charge in [-0.1, -0.05) is 12.1 Å². The normalized spacial score (nSPS) is 15.5. The molecule has 0 fully saturated rings. The maximum absolute atomic E-state index is 11.9. The van der Waals surface area contributed by atoms with E-state index in [1.807, 2.05) is 18.2 Å². The van der Waals surface area contributed by atoms with Crippen LogP contribution in [0.5, 0.6) is 0 Å². The molecule has 1 amide bonds. The summed E-state index contributed by atoms with van der Waals surface area (Å²) in [5, 5.41) is 8.69. The van der Waals surface area contributed by atoms with Gasteiger partial charge in [0.25, 0.3) is 0 Å². The van der Waals surface area contributed by atoms with Gasteiger partial charge in [-0.05, 0) is 17.2 Å². The molecule has 1 aromatic carbocycles. The van der Waals surface area contributed by atoms with E-state index in [-0.39, 0.29) is 18.9 Å². The second-order valence-electron chi connectivity index (χ2n) is 4.71. The third-order valence-electron chi connectivity index (χ3n) is 3.17. The summed E-state index contributed by atoms with van der Waals surface area (Å²) < 4.78 is 0. The number of nitrogens with two attached hydrogens (primary N) is 2. The van der Waals surface area contributed by atoms with Gasteiger partial charge < -0.3 is 21.5 Å². The quantitative estimate of drug-likeness (QED) is 0.683. The highest BCUT2D eigenvalue weighted by Gasteiger charge is 2.28. The van der Waals surface area contributed by atoms with Gasteiger partial charge in [-0.15, -0.1) is 0 Å². The number of aliphatic carboxylic acids is 1. The highest BCUT2D eigenvalue weighted by atomic mass is 16.4. The van der Waals surface area contributed by atoms with Crippen molar-refractivity contribution in [2.75, 3.05) is 11.4 Å². The first kappa shape index (κ1) is 13.5. The molecule has 5 N–H and O–H groups in total. The Balaban J connectivity index is 2.16. The lowest BCUT2D eigenvalue weighted by Crippen LogP contribution is -2.40. The van der Waals surface area contributed by atoms with Crippen LogP contribution in [0.1, 0.15) is 17.5 Å². The Morgan fingerprint density at radius 2 is 2.21 bits per heavy atom. The molecule has 0 aliphatic carbocycles. The largest absolute Gasteiger partial charge is 0.481 e. The van der Waals surface area contributed by atoms with Gasteiger partial charge in [0, 0.05) is 24.8 Å². The van der Waals surface area contributed by atoms with E-state index in [0.717, 1.165) is 16.8 Å². The third-order valence-corrected chi connectivity index (χ3v) is 3.17. The molecule has 1 aliphatic rings. The summed E-state index contributed by atoms with van der Waals surface area (Å²) in [5.74, 6) is -1.01. The Hall–Kier alpha value is -1.92. The predicted molar refractivity (Wildman–Crippen MR) is 70.6 cm³/mol. The molecule has 6 nitrogen and oxygen atoms in total. The van der Waals surface area contributed by atoms with Crippen molar-refractivity contribution in [3.63, 3.8) is 0 Å². The number of benzene rings is 1. The molecule has 0 saturated heterocycles. The number of carboxylic acids is 1. The van der Waals surface area contributed by atoms with Gasteiger partial charge in [-0.3, -0.25) is 9.59 Å². The summed E-state index contributed by atoms with van der Waals surface area (Å²) in [4.78, 5) is 24.1. The fourth-order valence-corrected chi connectivity index (χ4v) is 2.29. The van der Waals surface area contributed by atoms with E-state index in [2.05, 4.69) is 0 Å². The van der Waals surface area contributed by atoms with E-state index < -0.39 is 12.0 Å². The van der Waals surface area contributed by atoms with Crippen LogP contribution in [0.3, 0.4) is 0 Å². The summed E-state index contributed by atoms with van der Waals surface area (Å²) >= 11 is 0. The molecule has 1 atom stereocenters. The molecule has 1 heterocycles. The maximum Gasteiger partial charge on any atom is 0.304 e. The molecule has 0 radical (unpaired) electrons. The first-order chi connectivity index (χ1) is 9.01. The molecule has 1 aliphatic heterocycles. The van der Waals surface area contributed by atoms with E-state index in [4.69, 9.17) is 16.6 Å². The number of carbonyl (C=O) groups excluding carboxylic acids is 1. The molecule has 0 saturated carbocycles. The summed E-state index contributed by atoms with van der Waals surface area (Å²) in [6.45, 7) is 0.653. The summed E-state index contributed by atoms with van der Waals surface area (Å²) in [5.41, 5.74) is 14.0. The minimum Gasteiger partial charge on any atom is -0.481 e. The van der Waals surface area contributed by atoms with Crippen molar-refractivity contribution in [2.45, 2.75) is 25.4 Å². The van der Waals surface area contributed by atoms with E-state index in [0.29, 0.717) is 13.0 Å². The highest BCUT2D eigenvalue weighted by molar-refractivity contribution is 6.01. The van der Waals surface area contributed by atoms with E-state index in [9.17, 15) is 9.59 Å². The molecule has 0 bridgehead atoms. The fraction of sp³-hybridized carbons (Fsp3) is 0.385. The molecular weight excluding hydrogens is 246 g/mol. The maximum atomic E-state index is 11.9. The average Bonchev–Trinajstić information content (AvgIpc) is 2.64. The summed E-state index contributed by atoms with van der Waals surface area (Å²) in [7, 11) is 0. The molecule has 6 heteroatoms. The number of nitrogens with zero attached hydrogens (tertiary/aromatic N) is 1. The molecule has 0 aromatic heterocycles. The van der Waals surface area contributed by atoms with E-state index in [1.165, 1.54) is 0 Å². The molecule has 0 spiro atoms. The minimum absolute atomic E-state index is 0.0509. The summed E-state index contributed by atoms with van der Waals surface area (Å²) in [6.07, 6.45) is 0.170. The van der Waals surface area contributed by atoms with Crippen molar-refractivity contribution in [1.29, 1.82) is 0 Å². The lowest BCUT2D eigenvalue weighted by Gasteiger charge is -2.21. The van der Waals surface area contributed by atoms with Crippen LogP contribution >= 0.6 is 0 Å². The van der Waals surface area contributed by atoms with Crippen molar-refractivity contribution in [1.82, 2.24) is 0 Å². The topological polar surface area (TPSA) is 110 Å². The van der Waals surface area contributed by atoms with Crippen molar-refractivity contribution >= 4 is 17.6 Å². The van der Waals surface area contributed by atoms with Crippen molar-refractivity contribution < 1.29 is 14.7 Å². The van der Waals surface area contributed by atoms with Crippen molar-refractivity contribution in [2.24, 2.45) is 11.5 Å². The van der Waals surface area contributed by atoms with Crippen LogP contribution in [0.15, 0.2) is 18.2 Å².